The van der Waals surface area contributed by atoms with Gasteiger partial charge in [-0.25, -0.2) is 4.79 Å². The molecule has 0 saturated carbocycles. The smallest absolute Gasteiger partial charge is 0.407 e. The van der Waals surface area contributed by atoms with Gasteiger partial charge in [0.1, 0.15) is 5.60 Å². The molecule has 2 aromatic rings. The lowest BCUT2D eigenvalue weighted by molar-refractivity contribution is -0.142. The molecule has 7 nitrogen and oxygen atoms in total. The molecule has 0 saturated heterocycles. The van der Waals surface area contributed by atoms with Crippen LogP contribution in [0.2, 0.25) is 18.1 Å². The molecule has 0 aromatic heterocycles. The van der Waals surface area contributed by atoms with Crippen LogP contribution in [0.4, 0.5) is 4.79 Å². The maximum Gasteiger partial charge on any atom is 0.407 e. The molecule has 0 spiro atoms. The van der Waals surface area contributed by atoms with E-state index in [9.17, 15) is 20.0 Å². The zero-order valence-electron chi connectivity index (χ0n) is 24.6. The van der Waals surface area contributed by atoms with Gasteiger partial charge in [-0.15, -0.1) is 0 Å². The van der Waals surface area contributed by atoms with Crippen molar-refractivity contribution in [2.24, 2.45) is 5.92 Å². The number of carbonyl (C=O) groups excluding carboxylic acids is 1. The van der Waals surface area contributed by atoms with E-state index in [4.69, 9.17) is 9.16 Å². The second-order valence-corrected chi connectivity index (χ2v) is 17.4. The minimum Gasteiger partial charge on any atom is -0.481 e. The number of rotatable bonds is 11. The molecule has 3 unspecified atom stereocenters. The summed E-state index contributed by atoms with van der Waals surface area (Å²) < 4.78 is 12.5. The Morgan fingerprint density at radius 3 is 2.10 bits per heavy atom. The van der Waals surface area contributed by atoms with Gasteiger partial charge in [-0.05, 0) is 75.4 Å². The number of aliphatic carboxylic acids is 1. The average molecular weight is 553 g/mol. The summed E-state index contributed by atoms with van der Waals surface area (Å²) in [6, 6.07) is 18.4. The third kappa shape index (κ3) is 10.2. The normalized spacial score (nSPS) is 14.5. The number of nitrogens with zero attached hydrogens (tertiary/aromatic N) is 1. The van der Waals surface area contributed by atoms with Crippen LogP contribution in [0, 0.1) is 17.2 Å². The zero-order valence-corrected chi connectivity index (χ0v) is 25.6. The maximum atomic E-state index is 13.0. The van der Waals surface area contributed by atoms with Crippen molar-refractivity contribution in [2.75, 3.05) is 0 Å². The largest absolute Gasteiger partial charge is 0.481 e. The van der Waals surface area contributed by atoms with Crippen LogP contribution in [0.15, 0.2) is 54.6 Å². The van der Waals surface area contributed by atoms with E-state index >= 15 is 0 Å². The number of ether oxygens (including phenoxy) is 1. The van der Waals surface area contributed by atoms with Crippen molar-refractivity contribution in [3.63, 3.8) is 0 Å². The van der Waals surface area contributed by atoms with Crippen molar-refractivity contribution >= 4 is 20.4 Å². The van der Waals surface area contributed by atoms with E-state index in [0.29, 0.717) is 17.5 Å². The molecule has 8 heteroatoms. The van der Waals surface area contributed by atoms with Gasteiger partial charge >= 0.3 is 12.1 Å². The van der Waals surface area contributed by atoms with Gasteiger partial charge < -0.3 is 19.6 Å². The highest BCUT2D eigenvalue weighted by atomic mass is 28.4. The van der Waals surface area contributed by atoms with Gasteiger partial charge in [0.15, 0.2) is 8.32 Å². The first-order chi connectivity index (χ1) is 18.0. The van der Waals surface area contributed by atoms with Crippen molar-refractivity contribution in [3.8, 4) is 6.07 Å². The van der Waals surface area contributed by atoms with Crippen LogP contribution in [-0.2, 0) is 26.8 Å². The Kier molecular flexibility index (Phi) is 10.9. The number of carboxylic acids is 1. The van der Waals surface area contributed by atoms with Gasteiger partial charge in [-0.2, -0.15) is 5.26 Å². The highest BCUT2D eigenvalue weighted by Gasteiger charge is 2.42. The number of nitriles is 1. The molecule has 39 heavy (non-hydrogen) atoms. The molecule has 0 aliphatic carbocycles. The fraction of sp³-hybridized carbons (Fsp3) is 0.516. The van der Waals surface area contributed by atoms with E-state index in [-0.39, 0.29) is 17.9 Å². The first-order valence-electron chi connectivity index (χ1n) is 13.4. The SMILES string of the molecule is CC(C)(C)OC(=O)NC(Cc1ccccc1)C(CC(Cc1ccccc1C#N)C(=O)O)O[Si](C)(C)C(C)(C)C. The van der Waals surface area contributed by atoms with Crippen molar-refractivity contribution in [2.45, 2.75) is 96.7 Å². The van der Waals surface area contributed by atoms with E-state index in [1.165, 1.54) is 0 Å². The van der Waals surface area contributed by atoms with E-state index in [1.54, 1.807) is 45.0 Å². The summed E-state index contributed by atoms with van der Waals surface area (Å²) in [5.41, 5.74) is 1.43. The molecule has 2 N–H and O–H groups in total. The first-order valence-corrected chi connectivity index (χ1v) is 16.4. The fourth-order valence-electron chi connectivity index (χ4n) is 4.08. The van der Waals surface area contributed by atoms with Gasteiger partial charge in [0.25, 0.3) is 0 Å². The lowest BCUT2D eigenvalue weighted by atomic mass is 9.88. The molecule has 0 aliphatic heterocycles. The van der Waals surface area contributed by atoms with Crippen molar-refractivity contribution in [1.29, 1.82) is 5.26 Å². The predicted octanol–water partition coefficient (Wildman–Crippen LogP) is 6.72. The second-order valence-electron chi connectivity index (χ2n) is 12.6. The standard InChI is InChI=1S/C31H44N2O5Si/c1-30(2,3)37-29(36)33-26(18-22-14-10-9-11-15-22)27(38-39(7,8)31(4,5)6)20-25(28(34)35)19-23-16-12-13-17-24(23)21-32/h9-17,25-27H,18-20H2,1-8H3,(H,33,36)(H,34,35). The highest BCUT2D eigenvalue weighted by Crippen LogP contribution is 2.39. The Morgan fingerprint density at radius 1 is 0.974 bits per heavy atom. The van der Waals surface area contributed by atoms with Gasteiger partial charge in [0, 0.05) is 0 Å². The van der Waals surface area contributed by atoms with Crippen LogP contribution in [0.1, 0.15) is 64.7 Å². The summed E-state index contributed by atoms with van der Waals surface area (Å²) in [7, 11) is -2.39. The minimum absolute atomic E-state index is 0.138. The Hall–Kier alpha value is -3.15. The average Bonchev–Trinajstić information content (AvgIpc) is 2.81. The van der Waals surface area contributed by atoms with Crippen molar-refractivity contribution in [3.05, 3.63) is 71.3 Å². The van der Waals surface area contributed by atoms with Crippen LogP contribution >= 0.6 is 0 Å². The third-order valence-corrected chi connectivity index (χ3v) is 11.7. The number of carboxylic acid groups (broad SMARTS) is 1. The maximum absolute atomic E-state index is 13.0. The lowest BCUT2D eigenvalue weighted by Gasteiger charge is -2.42. The van der Waals surface area contributed by atoms with Crippen molar-refractivity contribution < 1.29 is 23.9 Å². The monoisotopic (exact) mass is 552 g/mol. The van der Waals surface area contributed by atoms with Crippen LogP contribution in [0.25, 0.3) is 0 Å². The Labute approximate surface area is 234 Å². The van der Waals surface area contributed by atoms with Crippen LogP contribution in [-0.4, -0.2) is 43.2 Å². The van der Waals surface area contributed by atoms with Gasteiger partial charge in [0.2, 0.25) is 0 Å². The predicted molar refractivity (Wildman–Crippen MR) is 156 cm³/mol. The summed E-state index contributed by atoms with van der Waals surface area (Å²) in [6.07, 6.45) is -0.390. The molecule has 2 aromatic carbocycles. The molecule has 0 bridgehead atoms. The van der Waals surface area contributed by atoms with Crippen LogP contribution in [0.5, 0.6) is 0 Å². The number of hydrogen-bond donors (Lipinski definition) is 2. The molecule has 0 fully saturated rings. The molecule has 0 heterocycles. The summed E-state index contributed by atoms with van der Waals surface area (Å²) >= 11 is 0. The molecule has 0 radical (unpaired) electrons. The Bertz CT molecular complexity index is 1150. The number of carbonyl (C=O) groups is 2. The number of nitrogens with one attached hydrogen (secondary N) is 1. The number of alkyl carbamates (subject to hydrolysis) is 1. The number of benzene rings is 2. The van der Waals surface area contributed by atoms with E-state index < -0.39 is 44.0 Å². The molecule has 3 atom stereocenters. The van der Waals surface area contributed by atoms with Crippen molar-refractivity contribution in [1.82, 2.24) is 5.32 Å². The third-order valence-electron chi connectivity index (χ3n) is 7.17. The quantitative estimate of drug-likeness (QED) is 0.300. The van der Waals surface area contributed by atoms with E-state index in [0.717, 1.165) is 5.56 Å². The minimum atomic E-state index is -2.39. The van der Waals surface area contributed by atoms with Gasteiger partial charge in [0.05, 0.1) is 29.7 Å². The van der Waals surface area contributed by atoms with Gasteiger partial charge in [-0.1, -0.05) is 69.3 Å². The lowest BCUT2D eigenvalue weighted by Crippen LogP contribution is -2.54. The van der Waals surface area contributed by atoms with Crippen LogP contribution in [0.3, 0.4) is 0 Å². The van der Waals surface area contributed by atoms with Gasteiger partial charge in [-0.3, -0.25) is 4.79 Å². The first kappa shape index (κ1) is 32.1. The number of hydrogen-bond acceptors (Lipinski definition) is 5. The summed E-state index contributed by atoms with van der Waals surface area (Å²) in [4.78, 5) is 25.5. The molecule has 1 amide bonds. The summed E-state index contributed by atoms with van der Waals surface area (Å²) in [5, 5.41) is 22.7. The van der Waals surface area contributed by atoms with E-state index in [2.05, 4.69) is 45.3 Å². The van der Waals surface area contributed by atoms with E-state index in [1.807, 2.05) is 30.3 Å². The molecular weight excluding hydrogens is 508 g/mol. The summed E-state index contributed by atoms with van der Waals surface area (Å²) in [6.45, 7) is 16.0. The van der Waals surface area contributed by atoms with Crippen LogP contribution < -0.4 is 5.32 Å². The molecular formula is C31H44N2O5Si. The molecule has 0 aliphatic rings. The highest BCUT2D eigenvalue weighted by molar-refractivity contribution is 6.74. The zero-order chi connectivity index (χ0) is 29.4. The Balaban J connectivity index is 2.52. The molecule has 212 valence electrons. The number of amides is 1. The molecule has 2 rings (SSSR count). The fourth-order valence-corrected chi connectivity index (χ4v) is 5.45. The topological polar surface area (TPSA) is 109 Å². The Morgan fingerprint density at radius 2 is 1.56 bits per heavy atom. The summed E-state index contributed by atoms with van der Waals surface area (Å²) in [5.74, 6) is -1.80. The second kappa shape index (κ2) is 13.3.